The second kappa shape index (κ2) is 6.42. The van der Waals surface area contributed by atoms with Crippen molar-refractivity contribution in [2.45, 2.75) is 28.7 Å². The van der Waals surface area contributed by atoms with Gasteiger partial charge in [-0.3, -0.25) is 24.6 Å². The van der Waals surface area contributed by atoms with E-state index in [0.717, 1.165) is 20.6 Å². The fourth-order valence-electron chi connectivity index (χ4n) is 3.77. The molecule has 0 bridgehead atoms. The lowest BCUT2D eigenvalue weighted by Crippen LogP contribution is -2.53. The molecule has 1 atom stereocenters. The van der Waals surface area contributed by atoms with Crippen molar-refractivity contribution >= 4 is 45.9 Å². The van der Waals surface area contributed by atoms with E-state index in [4.69, 9.17) is 0 Å². The maximum Gasteiger partial charge on any atom is 0.259 e. The smallest absolute Gasteiger partial charge is 0.259 e. The molecule has 0 aliphatic carbocycles. The van der Waals surface area contributed by atoms with E-state index >= 15 is 0 Å². The normalized spacial score (nSPS) is 18.6. The standard InChI is InChI=1S/C20H14N4O3S/c25-17-7-5-15(19(26)23-17)24-14-4-6-16(28-11-8-21-10-22-9-11)12-2-1-3-13(18(12)14)20(24)27/h1-4,6,8-10,15H,5,7H2,(H,23,25,26). The maximum atomic E-state index is 13.1. The van der Waals surface area contributed by atoms with Gasteiger partial charge in [-0.2, -0.15) is 0 Å². The number of imide groups is 1. The Morgan fingerprint density at radius 3 is 2.68 bits per heavy atom. The van der Waals surface area contributed by atoms with Crippen LogP contribution in [0.15, 0.2) is 58.8 Å². The molecule has 1 fully saturated rings. The molecular weight excluding hydrogens is 376 g/mol. The quantitative estimate of drug-likeness (QED) is 0.691. The van der Waals surface area contributed by atoms with Crippen LogP contribution >= 0.6 is 11.8 Å². The molecule has 3 heterocycles. The lowest BCUT2D eigenvalue weighted by atomic mass is 10.0. The highest BCUT2D eigenvalue weighted by Crippen LogP contribution is 2.44. The summed E-state index contributed by atoms with van der Waals surface area (Å²) in [5.74, 6) is -0.932. The summed E-state index contributed by atoms with van der Waals surface area (Å²) in [4.78, 5) is 48.5. The molecule has 0 spiro atoms. The van der Waals surface area contributed by atoms with Gasteiger partial charge in [0.2, 0.25) is 11.8 Å². The first-order valence-corrected chi connectivity index (χ1v) is 9.61. The minimum absolute atomic E-state index is 0.208. The first-order chi connectivity index (χ1) is 13.6. The zero-order valence-corrected chi connectivity index (χ0v) is 15.4. The molecule has 0 radical (unpaired) electrons. The van der Waals surface area contributed by atoms with Crippen LogP contribution in [0.2, 0.25) is 0 Å². The van der Waals surface area contributed by atoms with Crippen molar-refractivity contribution in [1.82, 2.24) is 15.3 Å². The van der Waals surface area contributed by atoms with E-state index in [2.05, 4.69) is 15.3 Å². The Morgan fingerprint density at radius 1 is 1.07 bits per heavy atom. The number of rotatable bonds is 3. The van der Waals surface area contributed by atoms with Gasteiger partial charge in [0.15, 0.2) is 0 Å². The highest BCUT2D eigenvalue weighted by Gasteiger charge is 2.40. The molecule has 2 aliphatic rings. The van der Waals surface area contributed by atoms with E-state index < -0.39 is 11.9 Å². The first-order valence-electron chi connectivity index (χ1n) is 8.79. The van der Waals surface area contributed by atoms with E-state index in [1.165, 1.54) is 23.0 Å². The Balaban J connectivity index is 1.61. The molecule has 5 rings (SSSR count). The zero-order chi connectivity index (χ0) is 19.3. The molecule has 2 aromatic carbocycles. The number of benzene rings is 2. The molecule has 1 aromatic heterocycles. The van der Waals surface area contributed by atoms with Crippen molar-refractivity contribution < 1.29 is 14.4 Å². The zero-order valence-electron chi connectivity index (χ0n) is 14.6. The van der Waals surface area contributed by atoms with Crippen LogP contribution in [-0.2, 0) is 9.59 Å². The summed E-state index contributed by atoms with van der Waals surface area (Å²) in [6.07, 6.45) is 5.50. The van der Waals surface area contributed by atoms with Gasteiger partial charge in [0, 0.05) is 39.6 Å². The summed E-state index contributed by atoms with van der Waals surface area (Å²) < 4.78 is 0. The van der Waals surface area contributed by atoms with Crippen LogP contribution in [-0.4, -0.2) is 33.7 Å². The Bertz CT molecular complexity index is 1150. The molecule has 3 aromatic rings. The Morgan fingerprint density at radius 2 is 1.89 bits per heavy atom. The largest absolute Gasteiger partial charge is 0.295 e. The highest BCUT2D eigenvalue weighted by molar-refractivity contribution is 7.99. The maximum absolute atomic E-state index is 13.1. The summed E-state index contributed by atoms with van der Waals surface area (Å²) in [5.41, 5.74) is 1.28. The number of amides is 3. The van der Waals surface area contributed by atoms with Crippen molar-refractivity contribution in [2.75, 3.05) is 4.90 Å². The molecule has 0 saturated carbocycles. The number of carbonyl (C=O) groups is 3. The van der Waals surface area contributed by atoms with Crippen molar-refractivity contribution in [2.24, 2.45) is 0 Å². The molecule has 138 valence electrons. The average Bonchev–Trinajstić information content (AvgIpc) is 2.98. The summed E-state index contributed by atoms with van der Waals surface area (Å²) >= 11 is 1.52. The SMILES string of the molecule is O=C1CCC(N2C(=O)c3cccc4c(Sc5cncnc5)ccc2c34)C(=O)N1. The van der Waals surface area contributed by atoms with Gasteiger partial charge < -0.3 is 0 Å². The number of nitrogens with one attached hydrogen (secondary N) is 1. The van der Waals surface area contributed by atoms with Gasteiger partial charge in [0.05, 0.1) is 5.69 Å². The Labute approximate surface area is 164 Å². The van der Waals surface area contributed by atoms with Crippen LogP contribution in [0.1, 0.15) is 23.2 Å². The van der Waals surface area contributed by atoms with Crippen molar-refractivity contribution in [1.29, 1.82) is 0 Å². The van der Waals surface area contributed by atoms with E-state index in [1.807, 2.05) is 24.3 Å². The van der Waals surface area contributed by atoms with E-state index in [0.29, 0.717) is 17.7 Å². The molecule has 1 unspecified atom stereocenters. The van der Waals surface area contributed by atoms with Crippen LogP contribution in [0.4, 0.5) is 5.69 Å². The molecule has 1 saturated heterocycles. The van der Waals surface area contributed by atoms with Crippen molar-refractivity contribution in [3.63, 3.8) is 0 Å². The number of aromatic nitrogens is 2. The highest BCUT2D eigenvalue weighted by atomic mass is 32.2. The number of nitrogens with zero attached hydrogens (tertiary/aromatic N) is 3. The van der Waals surface area contributed by atoms with Crippen LogP contribution in [0.5, 0.6) is 0 Å². The first kappa shape index (κ1) is 16.9. The number of hydrogen-bond acceptors (Lipinski definition) is 6. The van der Waals surface area contributed by atoms with Crippen LogP contribution in [0.3, 0.4) is 0 Å². The second-order valence-electron chi connectivity index (χ2n) is 6.63. The van der Waals surface area contributed by atoms with Crippen LogP contribution in [0, 0.1) is 0 Å². The number of hydrogen-bond donors (Lipinski definition) is 1. The van der Waals surface area contributed by atoms with Gasteiger partial charge in [0.1, 0.15) is 12.4 Å². The number of piperidine rings is 1. The van der Waals surface area contributed by atoms with E-state index in [9.17, 15) is 14.4 Å². The third-order valence-corrected chi connectivity index (χ3v) is 6.00. The summed E-state index contributed by atoms with van der Waals surface area (Å²) in [5, 5.41) is 4.11. The number of anilines is 1. The Hall–Kier alpha value is -3.26. The molecule has 1 N–H and O–H groups in total. The fourth-order valence-corrected chi connectivity index (χ4v) is 4.67. The van der Waals surface area contributed by atoms with Gasteiger partial charge in [-0.15, -0.1) is 0 Å². The molecule has 7 nitrogen and oxygen atoms in total. The molecule has 2 aliphatic heterocycles. The van der Waals surface area contributed by atoms with Gasteiger partial charge in [-0.1, -0.05) is 23.9 Å². The van der Waals surface area contributed by atoms with Gasteiger partial charge in [0.25, 0.3) is 5.91 Å². The minimum atomic E-state index is -0.679. The average molecular weight is 390 g/mol. The van der Waals surface area contributed by atoms with Crippen molar-refractivity contribution in [3.05, 3.63) is 54.6 Å². The molecule has 8 heteroatoms. The lowest BCUT2D eigenvalue weighted by Gasteiger charge is -2.30. The predicted octanol–water partition coefficient (Wildman–Crippen LogP) is 2.55. The second-order valence-corrected chi connectivity index (χ2v) is 7.74. The van der Waals surface area contributed by atoms with E-state index in [-0.39, 0.29) is 18.2 Å². The molecular formula is C20H14N4O3S. The van der Waals surface area contributed by atoms with Crippen molar-refractivity contribution in [3.8, 4) is 0 Å². The van der Waals surface area contributed by atoms with Gasteiger partial charge in [-0.25, -0.2) is 9.97 Å². The fraction of sp³-hybridized carbons (Fsp3) is 0.150. The van der Waals surface area contributed by atoms with Crippen LogP contribution < -0.4 is 10.2 Å². The summed E-state index contributed by atoms with van der Waals surface area (Å²) in [7, 11) is 0. The number of carbonyl (C=O) groups excluding carboxylic acids is 3. The lowest BCUT2D eigenvalue weighted by molar-refractivity contribution is -0.134. The van der Waals surface area contributed by atoms with Crippen LogP contribution in [0.25, 0.3) is 10.8 Å². The third-order valence-electron chi connectivity index (χ3n) is 4.97. The topological polar surface area (TPSA) is 92.3 Å². The Kier molecular flexibility index (Phi) is 3.87. The summed E-state index contributed by atoms with van der Waals surface area (Å²) in [6.45, 7) is 0. The predicted molar refractivity (Wildman–Crippen MR) is 103 cm³/mol. The third kappa shape index (κ3) is 2.56. The van der Waals surface area contributed by atoms with Gasteiger partial charge >= 0.3 is 0 Å². The molecule has 28 heavy (non-hydrogen) atoms. The monoisotopic (exact) mass is 390 g/mol. The van der Waals surface area contributed by atoms with Gasteiger partial charge in [-0.05, 0) is 30.0 Å². The van der Waals surface area contributed by atoms with E-state index in [1.54, 1.807) is 18.5 Å². The summed E-state index contributed by atoms with van der Waals surface area (Å²) in [6, 6.07) is 8.72. The minimum Gasteiger partial charge on any atom is -0.295 e. The molecule has 3 amide bonds.